The van der Waals surface area contributed by atoms with Gasteiger partial charge in [-0.3, -0.25) is 4.79 Å². The van der Waals surface area contributed by atoms with Gasteiger partial charge in [0.15, 0.2) is 0 Å². The molecule has 2 N–H and O–H groups in total. The van der Waals surface area contributed by atoms with Crippen LogP contribution < -0.4 is 10.6 Å². The molecule has 1 aromatic rings. The van der Waals surface area contributed by atoms with Gasteiger partial charge in [0.05, 0.1) is 11.4 Å². The van der Waals surface area contributed by atoms with Gasteiger partial charge in [-0.15, -0.1) is 0 Å². The van der Waals surface area contributed by atoms with Gasteiger partial charge in [-0.25, -0.2) is 0 Å². The molecule has 0 spiro atoms. The highest BCUT2D eigenvalue weighted by molar-refractivity contribution is 5.97. The van der Waals surface area contributed by atoms with Gasteiger partial charge >= 0.3 is 0 Å². The van der Waals surface area contributed by atoms with Crippen LogP contribution in [0.2, 0.25) is 0 Å². The Kier molecular flexibility index (Phi) is 6.22. The third-order valence-electron chi connectivity index (χ3n) is 2.55. The average molecular weight is 250 g/mol. The SMILES string of the molecule is CCCOCC(=O)N(CCC)c1ccccc1N. The molecule has 0 aliphatic rings. The first-order valence-corrected chi connectivity index (χ1v) is 6.43. The predicted octanol–water partition coefficient (Wildman–Crippen LogP) is 2.44. The zero-order valence-electron chi connectivity index (χ0n) is 11.2. The number of carbonyl (C=O) groups excluding carboxylic acids is 1. The second-order valence-corrected chi connectivity index (χ2v) is 4.16. The number of rotatable bonds is 7. The molecule has 0 aromatic heterocycles. The minimum Gasteiger partial charge on any atom is -0.397 e. The number of benzene rings is 1. The summed E-state index contributed by atoms with van der Waals surface area (Å²) >= 11 is 0. The van der Waals surface area contributed by atoms with Crippen LogP contribution in [0.4, 0.5) is 11.4 Å². The molecule has 0 bridgehead atoms. The van der Waals surface area contributed by atoms with Gasteiger partial charge in [-0.1, -0.05) is 26.0 Å². The zero-order chi connectivity index (χ0) is 13.4. The van der Waals surface area contributed by atoms with Crippen molar-refractivity contribution in [3.63, 3.8) is 0 Å². The van der Waals surface area contributed by atoms with Crippen LogP contribution in [0, 0.1) is 0 Å². The third kappa shape index (κ3) is 4.04. The summed E-state index contributed by atoms with van der Waals surface area (Å²) < 4.78 is 5.30. The standard InChI is InChI=1S/C14H22N2O2/c1-3-9-16(14(17)11-18-10-4-2)13-8-6-5-7-12(13)15/h5-8H,3-4,9-11,15H2,1-2H3. The van der Waals surface area contributed by atoms with Crippen LogP contribution in [0.25, 0.3) is 0 Å². The van der Waals surface area contributed by atoms with E-state index in [-0.39, 0.29) is 12.5 Å². The lowest BCUT2D eigenvalue weighted by Crippen LogP contribution is -2.35. The molecular weight excluding hydrogens is 228 g/mol. The maximum absolute atomic E-state index is 12.1. The van der Waals surface area contributed by atoms with Crippen molar-refractivity contribution in [2.24, 2.45) is 0 Å². The van der Waals surface area contributed by atoms with E-state index in [9.17, 15) is 4.79 Å². The Morgan fingerprint density at radius 2 is 2.00 bits per heavy atom. The summed E-state index contributed by atoms with van der Waals surface area (Å²) in [6.45, 7) is 5.43. The van der Waals surface area contributed by atoms with Gasteiger partial charge in [0, 0.05) is 13.2 Å². The first kappa shape index (κ1) is 14.5. The molecule has 4 nitrogen and oxygen atoms in total. The molecule has 1 aromatic carbocycles. The predicted molar refractivity (Wildman–Crippen MR) is 74.6 cm³/mol. The lowest BCUT2D eigenvalue weighted by molar-refractivity contribution is -0.123. The van der Waals surface area contributed by atoms with Gasteiger partial charge in [-0.2, -0.15) is 0 Å². The highest BCUT2D eigenvalue weighted by Gasteiger charge is 2.16. The molecule has 0 unspecified atom stereocenters. The van der Waals surface area contributed by atoms with E-state index >= 15 is 0 Å². The summed E-state index contributed by atoms with van der Waals surface area (Å²) in [5.41, 5.74) is 7.30. The van der Waals surface area contributed by atoms with E-state index in [0.29, 0.717) is 18.8 Å². The molecule has 0 saturated heterocycles. The average Bonchev–Trinajstić information content (AvgIpc) is 2.37. The molecule has 0 atom stereocenters. The Labute approximate surface area is 109 Å². The van der Waals surface area contributed by atoms with Crippen molar-refractivity contribution in [2.75, 3.05) is 30.4 Å². The van der Waals surface area contributed by atoms with Crippen LogP contribution in [-0.4, -0.2) is 25.7 Å². The molecule has 0 saturated carbocycles. The van der Waals surface area contributed by atoms with Crippen LogP contribution in [0.3, 0.4) is 0 Å². The quantitative estimate of drug-likeness (QED) is 0.597. The number of para-hydroxylation sites is 2. The van der Waals surface area contributed by atoms with Crippen LogP contribution >= 0.6 is 0 Å². The lowest BCUT2D eigenvalue weighted by atomic mass is 10.2. The highest BCUT2D eigenvalue weighted by Crippen LogP contribution is 2.22. The Hall–Kier alpha value is -1.55. The molecule has 0 heterocycles. The third-order valence-corrected chi connectivity index (χ3v) is 2.55. The van der Waals surface area contributed by atoms with Gasteiger partial charge in [0.1, 0.15) is 6.61 Å². The maximum Gasteiger partial charge on any atom is 0.253 e. The fraction of sp³-hybridized carbons (Fsp3) is 0.500. The maximum atomic E-state index is 12.1. The normalized spacial score (nSPS) is 10.3. The van der Waals surface area contributed by atoms with Crippen LogP contribution in [0.5, 0.6) is 0 Å². The fourth-order valence-electron chi connectivity index (χ4n) is 1.72. The number of hydrogen-bond acceptors (Lipinski definition) is 3. The lowest BCUT2D eigenvalue weighted by Gasteiger charge is -2.23. The number of nitrogen functional groups attached to an aromatic ring is 1. The van der Waals surface area contributed by atoms with E-state index in [1.807, 2.05) is 32.0 Å². The van der Waals surface area contributed by atoms with Crippen molar-refractivity contribution in [3.05, 3.63) is 24.3 Å². The zero-order valence-corrected chi connectivity index (χ0v) is 11.2. The molecule has 0 radical (unpaired) electrons. The minimum absolute atomic E-state index is 0.0387. The minimum atomic E-state index is -0.0387. The Balaban J connectivity index is 2.76. The van der Waals surface area contributed by atoms with Crippen molar-refractivity contribution in [3.8, 4) is 0 Å². The number of carbonyl (C=O) groups is 1. The summed E-state index contributed by atoms with van der Waals surface area (Å²) in [5, 5.41) is 0. The first-order valence-electron chi connectivity index (χ1n) is 6.43. The van der Waals surface area contributed by atoms with Crippen molar-refractivity contribution < 1.29 is 9.53 Å². The van der Waals surface area contributed by atoms with E-state index in [1.54, 1.807) is 11.0 Å². The number of amides is 1. The Morgan fingerprint density at radius 3 is 2.61 bits per heavy atom. The van der Waals surface area contributed by atoms with Crippen LogP contribution in [-0.2, 0) is 9.53 Å². The molecule has 1 amide bonds. The van der Waals surface area contributed by atoms with Gasteiger partial charge in [0.25, 0.3) is 5.91 Å². The first-order chi connectivity index (χ1) is 8.70. The molecule has 0 aliphatic heterocycles. The number of nitrogens with zero attached hydrogens (tertiary/aromatic N) is 1. The number of nitrogens with two attached hydrogens (primary N) is 1. The molecule has 1 rings (SSSR count). The van der Waals surface area contributed by atoms with Crippen LogP contribution in [0.15, 0.2) is 24.3 Å². The van der Waals surface area contributed by atoms with Gasteiger partial charge in [0.2, 0.25) is 0 Å². The molecule has 4 heteroatoms. The van der Waals surface area contributed by atoms with E-state index in [2.05, 4.69) is 0 Å². The van der Waals surface area contributed by atoms with E-state index in [0.717, 1.165) is 18.5 Å². The Bertz CT molecular complexity index is 380. The van der Waals surface area contributed by atoms with E-state index < -0.39 is 0 Å². The fourth-order valence-corrected chi connectivity index (χ4v) is 1.72. The Morgan fingerprint density at radius 1 is 1.28 bits per heavy atom. The highest BCUT2D eigenvalue weighted by atomic mass is 16.5. The second-order valence-electron chi connectivity index (χ2n) is 4.16. The summed E-state index contributed by atoms with van der Waals surface area (Å²) in [6.07, 6.45) is 1.79. The van der Waals surface area contributed by atoms with Gasteiger partial charge < -0.3 is 15.4 Å². The largest absolute Gasteiger partial charge is 0.397 e. The summed E-state index contributed by atoms with van der Waals surface area (Å²) in [6, 6.07) is 7.41. The van der Waals surface area contributed by atoms with Gasteiger partial charge in [-0.05, 0) is 25.0 Å². The number of hydrogen-bond donors (Lipinski definition) is 1. The summed E-state index contributed by atoms with van der Waals surface area (Å²) in [5.74, 6) is -0.0387. The van der Waals surface area contributed by atoms with Crippen molar-refractivity contribution in [2.45, 2.75) is 26.7 Å². The van der Waals surface area contributed by atoms with Crippen molar-refractivity contribution >= 4 is 17.3 Å². The summed E-state index contributed by atoms with van der Waals surface area (Å²) in [4.78, 5) is 13.8. The monoisotopic (exact) mass is 250 g/mol. The number of ether oxygens (including phenoxy) is 1. The molecule has 100 valence electrons. The van der Waals surface area contributed by atoms with Crippen LogP contribution in [0.1, 0.15) is 26.7 Å². The molecule has 18 heavy (non-hydrogen) atoms. The van der Waals surface area contributed by atoms with E-state index in [4.69, 9.17) is 10.5 Å². The van der Waals surface area contributed by atoms with Crippen molar-refractivity contribution in [1.82, 2.24) is 0 Å². The molecular formula is C14H22N2O2. The smallest absolute Gasteiger partial charge is 0.253 e. The van der Waals surface area contributed by atoms with E-state index in [1.165, 1.54) is 0 Å². The topological polar surface area (TPSA) is 55.6 Å². The summed E-state index contributed by atoms with van der Waals surface area (Å²) in [7, 11) is 0. The molecule has 0 aliphatic carbocycles. The molecule has 0 fully saturated rings. The second kappa shape index (κ2) is 7.71. The van der Waals surface area contributed by atoms with Crippen molar-refractivity contribution in [1.29, 1.82) is 0 Å². The number of anilines is 2.